The summed E-state index contributed by atoms with van der Waals surface area (Å²) in [6.07, 6.45) is -0.864. The molecule has 0 aliphatic heterocycles. The number of hydrogen-bond donors (Lipinski definition) is 2. The summed E-state index contributed by atoms with van der Waals surface area (Å²) in [5, 5.41) is 6.36. The van der Waals surface area contributed by atoms with E-state index in [1.165, 1.54) is 19.1 Å². The third-order valence-electron chi connectivity index (χ3n) is 4.15. The maximum absolute atomic E-state index is 12.4. The molecule has 0 aliphatic rings. The van der Waals surface area contributed by atoms with Gasteiger partial charge in [-0.25, -0.2) is 4.79 Å². The van der Waals surface area contributed by atoms with E-state index in [2.05, 4.69) is 10.6 Å². The molecule has 1 heterocycles. The van der Waals surface area contributed by atoms with Gasteiger partial charge in [-0.2, -0.15) is 0 Å². The van der Waals surface area contributed by atoms with Crippen LogP contribution in [0.2, 0.25) is 5.02 Å². The van der Waals surface area contributed by atoms with Crippen LogP contribution in [0.15, 0.2) is 51.7 Å². The minimum absolute atomic E-state index is 0.179. The highest BCUT2D eigenvalue weighted by molar-refractivity contribution is 6.32. The molecule has 1 atom stereocenters. The molecule has 3 aromatic rings. The molecule has 1 aromatic heterocycles. The second kappa shape index (κ2) is 8.36. The van der Waals surface area contributed by atoms with E-state index in [1.807, 2.05) is 0 Å². The van der Waals surface area contributed by atoms with Crippen LogP contribution in [0.3, 0.4) is 0 Å². The van der Waals surface area contributed by atoms with Crippen LogP contribution < -0.4 is 21.0 Å². The maximum atomic E-state index is 12.4. The zero-order chi connectivity index (χ0) is 21.1. The highest BCUT2D eigenvalue weighted by atomic mass is 35.5. The van der Waals surface area contributed by atoms with Crippen molar-refractivity contribution in [3.05, 3.63) is 63.5 Å². The molecule has 2 aromatic carbocycles. The highest BCUT2D eigenvalue weighted by Crippen LogP contribution is 2.31. The minimum Gasteiger partial charge on any atom is -0.479 e. The van der Waals surface area contributed by atoms with Crippen LogP contribution in [-0.4, -0.2) is 17.9 Å². The third kappa shape index (κ3) is 4.94. The van der Waals surface area contributed by atoms with Gasteiger partial charge in [-0.15, -0.1) is 0 Å². The lowest BCUT2D eigenvalue weighted by Crippen LogP contribution is -2.30. The summed E-state index contributed by atoms with van der Waals surface area (Å²) >= 11 is 6.27. The first-order valence-corrected chi connectivity index (χ1v) is 9.20. The molecular formula is C21H19ClN2O5. The number of amides is 2. The zero-order valence-corrected chi connectivity index (χ0v) is 16.8. The third-order valence-corrected chi connectivity index (χ3v) is 4.44. The SMILES string of the molecule is CC(=O)Nc1ccc(NC(=O)C(C)Oc2cc3oc(=O)cc(C)c3cc2Cl)cc1. The van der Waals surface area contributed by atoms with Crippen molar-refractivity contribution in [1.82, 2.24) is 0 Å². The molecule has 8 heteroatoms. The number of hydrogen-bond acceptors (Lipinski definition) is 5. The maximum Gasteiger partial charge on any atom is 0.336 e. The Hall–Kier alpha value is -3.32. The number of benzene rings is 2. The van der Waals surface area contributed by atoms with E-state index in [-0.39, 0.29) is 17.6 Å². The summed E-state index contributed by atoms with van der Waals surface area (Å²) in [7, 11) is 0. The van der Waals surface area contributed by atoms with Gasteiger partial charge in [0.2, 0.25) is 5.91 Å². The number of ether oxygens (including phenoxy) is 1. The molecule has 0 radical (unpaired) electrons. The van der Waals surface area contributed by atoms with Crippen molar-refractivity contribution < 1.29 is 18.7 Å². The van der Waals surface area contributed by atoms with Gasteiger partial charge < -0.3 is 19.8 Å². The van der Waals surface area contributed by atoms with Crippen molar-refractivity contribution in [2.24, 2.45) is 0 Å². The largest absolute Gasteiger partial charge is 0.479 e. The molecule has 29 heavy (non-hydrogen) atoms. The van der Waals surface area contributed by atoms with E-state index in [4.69, 9.17) is 20.8 Å². The second-order valence-corrected chi connectivity index (χ2v) is 6.94. The molecule has 0 saturated heterocycles. The molecule has 7 nitrogen and oxygen atoms in total. The minimum atomic E-state index is -0.864. The topological polar surface area (TPSA) is 97.6 Å². The van der Waals surface area contributed by atoms with Crippen LogP contribution in [0, 0.1) is 6.92 Å². The lowest BCUT2D eigenvalue weighted by Gasteiger charge is -2.16. The van der Waals surface area contributed by atoms with Crippen LogP contribution in [-0.2, 0) is 9.59 Å². The Balaban J connectivity index is 1.73. The van der Waals surface area contributed by atoms with Crippen molar-refractivity contribution in [2.45, 2.75) is 26.9 Å². The van der Waals surface area contributed by atoms with E-state index in [9.17, 15) is 14.4 Å². The predicted molar refractivity (Wildman–Crippen MR) is 112 cm³/mol. The van der Waals surface area contributed by atoms with Crippen molar-refractivity contribution >= 4 is 45.8 Å². The fourth-order valence-electron chi connectivity index (χ4n) is 2.74. The Morgan fingerprint density at radius 1 is 1.07 bits per heavy atom. The molecule has 2 N–H and O–H groups in total. The first-order valence-electron chi connectivity index (χ1n) is 8.82. The first kappa shape index (κ1) is 20.4. The normalized spacial score (nSPS) is 11.7. The quantitative estimate of drug-likeness (QED) is 0.612. The van der Waals surface area contributed by atoms with Crippen LogP contribution in [0.4, 0.5) is 11.4 Å². The van der Waals surface area contributed by atoms with Gasteiger partial charge in [-0.1, -0.05) is 11.6 Å². The summed E-state index contributed by atoms with van der Waals surface area (Å²) in [5.74, 6) is -0.335. The fraction of sp³-hybridized carbons (Fsp3) is 0.190. The zero-order valence-electron chi connectivity index (χ0n) is 16.0. The molecule has 2 amide bonds. The molecule has 150 valence electrons. The van der Waals surface area contributed by atoms with Crippen LogP contribution >= 0.6 is 11.6 Å². The molecule has 0 bridgehead atoms. The molecule has 0 saturated carbocycles. The van der Waals surface area contributed by atoms with E-state index < -0.39 is 11.7 Å². The van der Waals surface area contributed by atoms with E-state index in [1.54, 1.807) is 44.2 Å². The molecule has 1 unspecified atom stereocenters. The Labute approximate surface area is 171 Å². The van der Waals surface area contributed by atoms with Crippen LogP contribution in [0.25, 0.3) is 11.0 Å². The molecule has 0 spiro atoms. The fourth-order valence-corrected chi connectivity index (χ4v) is 2.95. The lowest BCUT2D eigenvalue weighted by atomic mass is 10.1. The molecule has 0 fully saturated rings. The summed E-state index contributed by atoms with van der Waals surface area (Å²) in [6, 6.07) is 11.2. The second-order valence-electron chi connectivity index (χ2n) is 6.54. The number of fused-ring (bicyclic) bond motifs is 1. The van der Waals surface area contributed by atoms with Gasteiger partial charge >= 0.3 is 5.63 Å². The highest BCUT2D eigenvalue weighted by Gasteiger charge is 2.18. The summed E-state index contributed by atoms with van der Waals surface area (Å²) in [5.41, 5.74) is 1.76. The first-order chi connectivity index (χ1) is 13.7. The molecular weight excluding hydrogens is 396 g/mol. The number of carbonyl (C=O) groups excluding carboxylic acids is 2. The van der Waals surface area contributed by atoms with Crippen molar-refractivity contribution in [3.8, 4) is 5.75 Å². The number of carbonyl (C=O) groups is 2. The summed E-state index contributed by atoms with van der Waals surface area (Å²) < 4.78 is 10.9. The van der Waals surface area contributed by atoms with Crippen molar-refractivity contribution in [3.63, 3.8) is 0 Å². The Morgan fingerprint density at radius 2 is 1.69 bits per heavy atom. The number of nitrogens with one attached hydrogen (secondary N) is 2. The van der Waals surface area contributed by atoms with Gasteiger partial charge in [0.05, 0.1) is 5.02 Å². The van der Waals surface area contributed by atoms with E-state index in [0.29, 0.717) is 27.4 Å². The van der Waals surface area contributed by atoms with Gasteiger partial charge in [0, 0.05) is 35.8 Å². The predicted octanol–water partition coefficient (Wildman–Crippen LogP) is 4.12. The number of anilines is 2. The lowest BCUT2D eigenvalue weighted by molar-refractivity contribution is -0.122. The van der Waals surface area contributed by atoms with E-state index >= 15 is 0 Å². The van der Waals surface area contributed by atoms with Crippen molar-refractivity contribution in [2.75, 3.05) is 10.6 Å². The smallest absolute Gasteiger partial charge is 0.336 e. The van der Waals surface area contributed by atoms with Crippen LogP contribution in [0.5, 0.6) is 5.75 Å². The average molecular weight is 415 g/mol. The van der Waals surface area contributed by atoms with Gasteiger partial charge in [0.25, 0.3) is 5.91 Å². The Morgan fingerprint density at radius 3 is 2.31 bits per heavy atom. The number of aryl methyl sites for hydroxylation is 1. The molecule has 0 aliphatic carbocycles. The standard InChI is InChI=1S/C21H19ClN2O5/c1-11-8-20(26)29-18-10-19(17(22)9-16(11)18)28-12(2)21(27)24-15-6-4-14(5-7-15)23-13(3)25/h4-10,12H,1-3H3,(H,23,25)(H,24,27). The number of halogens is 1. The van der Waals surface area contributed by atoms with Gasteiger partial charge in [-0.3, -0.25) is 9.59 Å². The monoisotopic (exact) mass is 414 g/mol. The van der Waals surface area contributed by atoms with E-state index in [0.717, 1.165) is 5.56 Å². The van der Waals surface area contributed by atoms with Crippen molar-refractivity contribution in [1.29, 1.82) is 0 Å². The van der Waals surface area contributed by atoms with Crippen LogP contribution in [0.1, 0.15) is 19.4 Å². The van der Waals surface area contributed by atoms with Gasteiger partial charge in [0.1, 0.15) is 11.3 Å². The summed E-state index contributed by atoms with van der Waals surface area (Å²) in [4.78, 5) is 35.1. The molecule has 3 rings (SSSR count). The van der Waals surface area contributed by atoms with Gasteiger partial charge in [-0.05, 0) is 49.7 Å². The summed E-state index contributed by atoms with van der Waals surface area (Å²) in [6.45, 7) is 4.77. The Bertz CT molecular complexity index is 1140. The number of rotatable bonds is 5. The average Bonchev–Trinajstić information content (AvgIpc) is 2.64. The van der Waals surface area contributed by atoms with Gasteiger partial charge in [0.15, 0.2) is 6.10 Å². The Kier molecular flexibility index (Phi) is 5.89.